The Bertz CT molecular complexity index is 609. The Balaban J connectivity index is 2.51. The Hall–Kier alpha value is -1.82. The molecule has 0 atom stereocenters. The number of nitriles is 1. The third-order valence-electron chi connectivity index (χ3n) is 3.14. The van der Waals surface area contributed by atoms with E-state index in [-0.39, 0.29) is 5.41 Å². The van der Waals surface area contributed by atoms with Crippen LogP contribution in [0.5, 0.6) is 0 Å². The van der Waals surface area contributed by atoms with E-state index >= 15 is 0 Å². The summed E-state index contributed by atoms with van der Waals surface area (Å²) in [5.74, 6) is 1.09. The van der Waals surface area contributed by atoms with Crippen molar-refractivity contribution in [3.8, 4) is 6.07 Å². The highest BCUT2D eigenvalue weighted by molar-refractivity contribution is 5.77. The lowest BCUT2D eigenvalue weighted by Crippen LogP contribution is -2.17. The van der Waals surface area contributed by atoms with E-state index in [1.54, 1.807) is 0 Å². The van der Waals surface area contributed by atoms with Crippen molar-refractivity contribution in [1.82, 2.24) is 9.55 Å². The van der Waals surface area contributed by atoms with Crippen LogP contribution in [0.15, 0.2) is 18.2 Å². The van der Waals surface area contributed by atoms with Gasteiger partial charge >= 0.3 is 0 Å². The summed E-state index contributed by atoms with van der Waals surface area (Å²) in [5, 5.41) is 8.64. The van der Waals surface area contributed by atoms with Gasteiger partial charge in [-0.05, 0) is 24.1 Å². The first-order valence-corrected chi connectivity index (χ1v) is 6.26. The van der Waals surface area contributed by atoms with Gasteiger partial charge in [-0.25, -0.2) is 4.98 Å². The van der Waals surface area contributed by atoms with Gasteiger partial charge in [-0.2, -0.15) is 5.26 Å². The van der Waals surface area contributed by atoms with Crippen LogP contribution in [-0.4, -0.2) is 9.55 Å². The molecule has 0 N–H and O–H groups in total. The van der Waals surface area contributed by atoms with Crippen molar-refractivity contribution in [2.75, 3.05) is 0 Å². The molecule has 0 aliphatic carbocycles. The second-order valence-electron chi connectivity index (χ2n) is 5.73. The van der Waals surface area contributed by atoms with Crippen molar-refractivity contribution in [3.63, 3.8) is 0 Å². The molecule has 0 aliphatic heterocycles. The van der Waals surface area contributed by atoms with Crippen molar-refractivity contribution in [1.29, 1.82) is 5.26 Å². The highest BCUT2D eigenvalue weighted by Crippen LogP contribution is 2.26. The number of rotatable bonds is 2. The van der Waals surface area contributed by atoms with Crippen LogP contribution in [0.1, 0.15) is 38.6 Å². The number of hydrogen-bond acceptors (Lipinski definition) is 2. The Morgan fingerprint density at radius 2 is 2.06 bits per heavy atom. The van der Waals surface area contributed by atoms with Crippen LogP contribution in [-0.2, 0) is 18.9 Å². The molecule has 3 nitrogen and oxygen atoms in total. The van der Waals surface area contributed by atoms with Crippen LogP contribution in [0.4, 0.5) is 0 Å². The molecular weight excluding hydrogens is 222 g/mol. The highest BCUT2D eigenvalue weighted by atomic mass is 15.1. The molecule has 3 heteroatoms. The van der Waals surface area contributed by atoms with Gasteiger partial charge in [0, 0.05) is 18.9 Å². The summed E-state index contributed by atoms with van der Waals surface area (Å²) in [5.41, 5.74) is 3.42. The molecule has 94 valence electrons. The Kier molecular flexibility index (Phi) is 3.13. The van der Waals surface area contributed by atoms with E-state index in [9.17, 15) is 0 Å². The van der Waals surface area contributed by atoms with E-state index in [1.807, 2.05) is 0 Å². The molecule has 0 aliphatic rings. The highest BCUT2D eigenvalue weighted by Gasteiger charge is 2.21. The molecule has 0 radical (unpaired) electrons. The summed E-state index contributed by atoms with van der Waals surface area (Å²) in [7, 11) is 2.06. The lowest BCUT2D eigenvalue weighted by molar-refractivity contribution is 0.526. The van der Waals surface area contributed by atoms with Gasteiger partial charge in [-0.1, -0.05) is 26.8 Å². The minimum Gasteiger partial charge on any atom is -0.331 e. The lowest BCUT2D eigenvalue weighted by Gasteiger charge is -2.17. The summed E-state index contributed by atoms with van der Waals surface area (Å²) in [4.78, 5) is 4.70. The van der Waals surface area contributed by atoms with Gasteiger partial charge in [0.15, 0.2) is 0 Å². The van der Waals surface area contributed by atoms with Crippen LogP contribution in [0.2, 0.25) is 0 Å². The van der Waals surface area contributed by atoms with Crippen LogP contribution >= 0.6 is 0 Å². The third kappa shape index (κ3) is 2.24. The Morgan fingerprint density at radius 1 is 1.33 bits per heavy atom. The number of benzene rings is 1. The van der Waals surface area contributed by atoms with Crippen LogP contribution in [0.3, 0.4) is 0 Å². The molecule has 1 heterocycles. The molecule has 1 aromatic heterocycles. The summed E-state index contributed by atoms with van der Waals surface area (Å²) < 4.78 is 2.16. The zero-order valence-electron chi connectivity index (χ0n) is 11.5. The molecule has 1 aromatic carbocycles. The van der Waals surface area contributed by atoms with Crippen molar-refractivity contribution in [3.05, 3.63) is 29.6 Å². The molecule has 0 amide bonds. The first-order chi connectivity index (χ1) is 8.43. The summed E-state index contributed by atoms with van der Waals surface area (Å²) >= 11 is 0. The van der Waals surface area contributed by atoms with Crippen molar-refractivity contribution >= 4 is 11.0 Å². The van der Waals surface area contributed by atoms with Gasteiger partial charge in [0.05, 0.1) is 17.1 Å². The van der Waals surface area contributed by atoms with E-state index < -0.39 is 0 Å². The monoisotopic (exact) mass is 241 g/mol. The van der Waals surface area contributed by atoms with E-state index in [1.165, 1.54) is 5.56 Å². The molecule has 0 spiro atoms. The standard InChI is InChI=1S/C15H19N3/c1-15(2,3)14-17-12-8-7-11(6-5-9-16)10-13(12)18(14)4/h7-8,10H,5-6H2,1-4H3. The maximum atomic E-state index is 8.64. The average molecular weight is 241 g/mol. The van der Waals surface area contributed by atoms with Crippen molar-refractivity contribution in [2.45, 2.75) is 39.0 Å². The van der Waals surface area contributed by atoms with Crippen molar-refractivity contribution < 1.29 is 0 Å². The van der Waals surface area contributed by atoms with Gasteiger partial charge in [0.25, 0.3) is 0 Å². The minimum absolute atomic E-state index is 0.0422. The first kappa shape index (κ1) is 12.6. The fourth-order valence-corrected chi connectivity index (χ4v) is 2.26. The number of imidazole rings is 1. The molecule has 2 aromatic rings. The normalized spacial score (nSPS) is 11.7. The van der Waals surface area contributed by atoms with Gasteiger partial charge in [-0.15, -0.1) is 0 Å². The fourth-order valence-electron chi connectivity index (χ4n) is 2.26. The smallest absolute Gasteiger partial charge is 0.115 e. The average Bonchev–Trinajstić information content (AvgIpc) is 2.64. The summed E-state index contributed by atoms with van der Waals surface area (Å²) in [6, 6.07) is 8.46. The van der Waals surface area contributed by atoms with Gasteiger partial charge in [0.2, 0.25) is 0 Å². The van der Waals surface area contributed by atoms with Crippen LogP contribution < -0.4 is 0 Å². The quantitative estimate of drug-likeness (QED) is 0.809. The zero-order valence-corrected chi connectivity index (χ0v) is 11.5. The Labute approximate surface area is 108 Å². The maximum absolute atomic E-state index is 8.64. The van der Waals surface area contributed by atoms with E-state index in [0.29, 0.717) is 6.42 Å². The molecular formula is C15H19N3. The minimum atomic E-state index is 0.0422. The SMILES string of the molecule is Cn1c(C(C)(C)C)nc2ccc(CCC#N)cc21. The van der Waals surface area contributed by atoms with E-state index in [2.05, 4.69) is 56.7 Å². The molecule has 2 rings (SSSR count). The molecule has 0 saturated carbocycles. The number of hydrogen-bond donors (Lipinski definition) is 0. The summed E-state index contributed by atoms with van der Waals surface area (Å²) in [6.45, 7) is 6.51. The number of aryl methyl sites for hydroxylation is 2. The van der Waals surface area contributed by atoms with Crippen LogP contribution in [0, 0.1) is 11.3 Å². The lowest BCUT2D eigenvalue weighted by atomic mass is 9.96. The largest absolute Gasteiger partial charge is 0.331 e. The molecule has 0 saturated heterocycles. The fraction of sp³-hybridized carbons (Fsp3) is 0.467. The number of nitrogens with zero attached hydrogens (tertiary/aromatic N) is 3. The van der Waals surface area contributed by atoms with Crippen molar-refractivity contribution in [2.24, 2.45) is 7.05 Å². The second-order valence-corrected chi connectivity index (χ2v) is 5.73. The van der Waals surface area contributed by atoms with Gasteiger partial charge in [0.1, 0.15) is 5.82 Å². The molecule has 0 fully saturated rings. The first-order valence-electron chi connectivity index (χ1n) is 6.26. The molecule has 0 bridgehead atoms. The molecule has 0 unspecified atom stereocenters. The van der Waals surface area contributed by atoms with Gasteiger partial charge in [-0.3, -0.25) is 0 Å². The van der Waals surface area contributed by atoms with E-state index in [0.717, 1.165) is 23.3 Å². The van der Waals surface area contributed by atoms with Gasteiger partial charge < -0.3 is 4.57 Å². The predicted octanol–water partition coefficient (Wildman–Crippen LogP) is 3.33. The van der Waals surface area contributed by atoms with E-state index in [4.69, 9.17) is 10.2 Å². The van der Waals surface area contributed by atoms with Crippen LogP contribution in [0.25, 0.3) is 11.0 Å². The Morgan fingerprint density at radius 3 is 2.67 bits per heavy atom. The maximum Gasteiger partial charge on any atom is 0.115 e. The number of fused-ring (bicyclic) bond motifs is 1. The predicted molar refractivity (Wildman–Crippen MR) is 73.3 cm³/mol. The zero-order chi connectivity index (χ0) is 13.3. The summed E-state index contributed by atoms with van der Waals surface area (Å²) in [6.07, 6.45) is 1.37. The topological polar surface area (TPSA) is 41.6 Å². The number of aromatic nitrogens is 2. The second kappa shape index (κ2) is 4.45. The third-order valence-corrected chi connectivity index (χ3v) is 3.14. The molecule has 18 heavy (non-hydrogen) atoms.